The van der Waals surface area contributed by atoms with Crippen LogP contribution in [0, 0.1) is 19.7 Å². The highest BCUT2D eigenvalue weighted by Crippen LogP contribution is 2.20. The van der Waals surface area contributed by atoms with E-state index in [2.05, 4.69) is 15.5 Å². The van der Waals surface area contributed by atoms with Crippen LogP contribution in [0.4, 0.5) is 10.1 Å². The summed E-state index contributed by atoms with van der Waals surface area (Å²) in [6.07, 6.45) is 0. The fraction of sp³-hybridized carbons (Fsp3) is 0.111. The molecule has 3 aromatic rings. The van der Waals surface area contributed by atoms with E-state index in [1.807, 2.05) is 31.2 Å². The first kappa shape index (κ1) is 15.0. The minimum atomic E-state index is -0.357. The van der Waals surface area contributed by atoms with Gasteiger partial charge in [-0.25, -0.2) is 4.39 Å². The number of nitrogens with one attached hydrogen (secondary N) is 2. The second-order valence-electron chi connectivity index (χ2n) is 5.40. The number of benzene rings is 2. The van der Waals surface area contributed by atoms with E-state index in [1.165, 1.54) is 6.07 Å². The highest BCUT2D eigenvalue weighted by Gasteiger charge is 2.13. The summed E-state index contributed by atoms with van der Waals surface area (Å²) in [5, 5.41) is 9.57. The predicted octanol–water partition coefficient (Wildman–Crippen LogP) is 4.08. The van der Waals surface area contributed by atoms with Gasteiger partial charge in [-0.15, -0.1) is 0 Å². The predicted molar refractivity (Wildman–Crippen MR) is 87.9 cm³/mol. The second-order valence-corrected chi connectivity index (χ2v) is 5.40. The van der Waals surface area contributed by atoms with E-state index in [0.717, 1.165) is 11.1 Å². The lowest BCUT2D eigenvalue weighted by molar-refractivity contribution is 0.102. The molecule has 0 radical (unpaired) electrons. The zero-order valence-corrected chi connectivity index (χ0v) is 12.9. The van der Waals surface area contributed by atoms with Crippen molar-refractivity contribution in [1.82, 2.24) is 10.2 Å². The van der Waals surface area contributed by atoms with Crippen LogP contribution in [0.2, 0.25) is 0 Å². The van der Waals surface area contributed by atoms with Crippen molar-refractivity contribution in [2.24, 2.45) is 0 Å². The van der Waals surface area contributed by atoms with Crippen LogP contribution in [0.15, 0.2) is 48.5 Å². The molecular formula is C18H16FN3O. The van der Waals surface area contributed by atoms with Gasteiger partial charge >= 0.3 is 0 Å². The third-order valence-corrected chi connectivity index (χ3v) is 3.69. The average molecular weight is 309 g/mol. The van der Waals surface area contributed by atoms with E-state index >= 15 is 0 Å². The summed E-state index contributed by atoms with van der Waals surface area (Å²) in [4.78, 5) is 12.3. The van der Waals surface area contributed by atoms with Gasteiger partial charge in [-0.3, -0.25) is 9.89 Å². The Kier molecular flexibility index (Phi) is 3.93. The lowest BCUT2D eigenvalue weighted by Gasteiger charge is -2.07. The molecular weight excluding hydrogens is 293 g/mol. The summed E-state index contributed by atoms with van der Waals surface area (Å²) in [5.74, 6) is -0.711. The Morgan fingerprint density at radius 1 is 1.13 bits per heavy atom. The van der Waals surface area contributed by atoms with Crippen molar-refractivity contribution in [3.8, 4) is 11.3 Å². The Balaban J connectivity index is 1.81. The molecule has 23 heavy (non-hydrogen) atoms. The smallest absolute Gasteiger partial charge is 0.273 e. The Morgan fingerprint density at radius 2 is 1.87 bits per heavy atom. The lowest BCUT2D eigenvalue weighted by atomic mass is 10.1. The van der Waals surface area contributed by atoms with E-state index in [4.69, 9.17) is 0 Å². The van der Waals surface area contributed by atoms with Crippen molar-refractivity contribution in [2.75, 3.05) is 5.32 Å². The van der Waals surface area contributed by atoms with Crippen molar-refractivity contribution in [3.63, 3.8) is 0 Å². The maximum atomic E-state index is 13.5. The minimum Gasteiger partial charge on any atom is -0.320 e. The quantitative estimate of drug-likeness (QED) is 0.765. The van der Waals surface area contributed by atoms with Crippen LogP contribution < -0.4 is 5.32 Å². The number of halogens is 1. The van der Waals surface area contributed by atoms with E-state index in [1.54, 1.807) is 25.1 Å². The molecule has 2 aromatic carbocycles. The van der Waals surface area contributed by atoms with Crippen LogP contribution in [-0.4, -0.2) is 16.1 Å². The number of aromatic nitrogens is 2. The number of amides is 1. The summed E-state index contributed by atoms with van der Waals surface area (Å²) in [6, 6.07) is 14.1. The highest BCUT2D eigenvalue weighted by atomic mass is 19.1. The van der Waals surface area contributed by atoms with Gasteiger partial charge < -0.3 is 5.32 Å². The molecule has 0 atom stereocenters. The number of anilines is 1. The monoisotopic (exact) mass is 309 g/mol. The second kappa shape index (κ2) is 6.04. The third kappa shape index (κ3) is 3.13. The zero-order valence-electron chi connectivity index (χ0n) is 12.9. The van der Waals surface area contributed by atoms with Crippen LogP contribution in [-0.2, 0) is 0 Å². The van der Waals surface area contributed by atoms with E-state index < -0.39 is 0 Å². The first-order valence-corrected chi connectivity index (χ1v) is 7.23. The number of hydrogen-bond acceptors (Lipinski definition) is 2. The highest BCUT2D eigenvalue weighted by molar-refractivity contribution is 6.03. The molecule has 0 unspecified atom stereocenters. The standard InChI is InChI=1S/C18H16FN3O/c1-11-6-8-13(9-7-11)16-10-17(22-21-16)18(23)20-15-5-3-4-14(19)12(15)2/h3-10H,1-2H3,(H,20,23)(H,21,22). The fourth-order valence-electron chi connectivity index (χ4n) is 2.24. The van der Waals surface area contributed by atoms with Gasteiger partial charge in [0.2, 0.25) is 0 Å². The van der Waals surface area contributed by atoms with Crippen LogP contribution in [0.3, 0.4) is 0 Å². The molecule has 1 aromatic heterocycles. The normalized spacial score (nSPS) is 10.6. The summed E-state index contributed by atoms with van der Waals surface area (Å²) in [5.41, 5.74) is 3.94. The minimum absolute atomic E-state index is 0.323. The van der Waals surface area contributed by atoms with E-state index in [-0.39, 0.29) is 11.7 Å². The molecule has 1 heterocycles. The average Bonchev–Trinajstić information content (AvgIpc) is 3.02. The molecule has 0 saturated heterocycles. The number of aromatic amines is 1. The van der Waals surface area contributed by atoms with E-state index in [0.29, 0.717) is 22.6 Å². The molecule has 3 rings (SSSR count). The molecule has 4 nitrogen and oxygen atoms in total. The Labute approximate surface area is 133 Å². The van der Waals surface area contributed by atoms with Crippen molar-refractivity contribution < 1.29 is 9.18 Å². The summed E-state index contributed by atoms with van der Waals surface area (Å²) < 4.78 is 13.5. The maximum Gasteiger partial charge on any atom is 0.273 e. The van der Waals surface area contributed by atoms with Gasteiger partial charge in [-0.1, -0.05) is 35.9 Å². The molecule has 5 heteroatoms. The molecule has 1 amide bonds. The molecule has 0 aliphatic carbocycles. The largest absolute Gasteiger partial charge is 0.320 e. The number of H-pyrrole nitrogens is 1. The van der Waals surface area contributed by atoms with Gasteiger partial charge in [0, 0.05) is 16.8 Å². The zero-order chi connectivity index (χ0) is 16.4. The van der Waals surface area contributed by atoms with Gasteiger partial charge in [-0.2, -0.15) is 5.10 Å². The molecule has 116 valence electrons. The van der Waals surface area contributed by atoms with Crippen LogP contribution in [0.5, 0.6) is 0 Å². The molecule has 0 fully saturated rings. The number of aryl methyl sites for hydroxylation is 1. The summed E-state index contributed by atoms with van der Waals surface area (Å²) in [7, 11) is 0. The number of carbonyl (C=O) groups excluding carboxylic acids is 1. The van der Waals surface area contributed by atoms with E-state index in [9.17, 15) is 9.18 Å². The molecule has 0 bridgehead atoms. The number of hydrogen-bond donors (Lipinski definition) is 2. The SMILES string of the molecule is Cc1ccc(-c2cc(C(=O)Nc3cccc(F)c3C)[nH]n2)cc1. The first-order valence-electron chi connectivity index (χ1n) is 7.23. The van der Waals surface area contributed by atoms with Crippen molar-refractivity contribution in [2.45, 2.75) is 13.8 Å². The number of nitrogens with zero attached hydrogens (tertiary/aromatic N) is 1. The van der Waals surface area contributed by atoms with Gasteiger partial charge in [0.1, 0.15) is 11.5 Å². The Hall–Kier alpha value is -2.95. The molecule has 0 aliphatic heterocycles. The van der Waals surface area contributed by atoms with Crippen LogP contribution >= 0.6 is 0 Å². The van der Waals surface area contributed by atoms with Gasteiger partial charge in [-0.05, 0) is 32.0 Å². The van der Waals surface area contributed by atoms with Gasteiger partial charge in [0.05, 0.1) is 5.69 Å². The number of carbonyl (C=O) groups is 1. The van der Waals surface area contributed by atoms with Crippen LogP contribution in [0.25, 0.3) is 11.3 Å². The fourth-order valence-corrected chi connectivity index (χ4v) is 2.24. The van der Waals surface area contributed by atoms with Crippen molar-refractivity contribution in [1.29, 1.82) is 0 Å². The van der Waals surface area contributed by atoms with Crippen molar-refractivity contribution >= 4 is 11.6 Å². The summed E-state index contributed by atoms with van der Waals surface area (Å²) >= 11 is 0. The first-order chi connectivity index (χ1) is 11.0. The summed E-state index contributed by atoms with van der Waals surface area (Å²) in [6.45, 7) is 3.63. The van der Waals surface area contributed by atoms with Crippen LogP contribution in [0.1, 0.15) is 21.6 Å². The van der Waals surface area contributed by atoms with Crippen molar-refractivity contribution in [3.05, 3.63) is 71.2 Å². The molecule has 0 aliphatic rings. The topological polar surface area (TPSA) is 57.8 Å². The molecule has 2 N–H and O–H groups in total. The Bertz CT molecular complexity index is 853. The lowest BCUT2D eigenvalue weighted by Crippen LogP contribution is -2.13. The number of rotatable bonds is 3. The third-order valence-electron chi connectivity index (χ3n) is 3.69. The maximum absolute atomic E-state index is 13.5. The van der Waals surface area contributed by atoms with Gasteiger partial charge in [0.15, 0.2) is 0 Å². The Morgan fingerprint density at radius 3 is 2.61 bits per heavy atom. The molecule has 0 spiro atoms. The van der Waals surface area contributed by atoms with Gasteiger partial charge in [0.25, 0.3) is 5.91 Å². The molecule has 0 saturated carbocycles.